The molecule has 0 spiro atoms. The molecule has 0 aliphatic rings. The summed E-state index contributed by atoms with van der Waals surface area (Å²) >= 11 is 0. The van der Waals surface area contributed by atoms with Crippen molar-refractivity contribution in [3.05, 3.63) is 0 Å². The largest absolute Gasteiger partial charge is 0.462 e. The minimum absolute atomic E-state index is 0.0638. The van der Waals surface area contributed by atoms with Crippen LogP contribution in [-0.2, 0) is 28.6 Å². The Kier molecular flexibility index (Phi) is 39.4. The maximum atomic E-state index is 12.7. The molecule has 52 heavy (non-hydrogen) atoms. The third-order valence-electron chi connectivity index (χ3n) is 10.3. The lowest BCUT2D eigenvalue weighted by Crippen LogP contribution is -2.30. The Hall–Kier alpha value is -1.59. The molecule has 0 aromatic heterocycles. The Morgan fingerprint density at radius 3 is 0.942 bits per heavy atom. The second kappa shape index (κ2) is 40.6. The minimum Gasteiger partial charge on any atom is -0.462 e. The molecule has 0 aliphatic heterocycles. The molecule has 0 aromatic carbocycles. The summed E-state index contributed by atoms with van der Waals surface area (Å²) in [5.74, 6) is -0.0233. The Morgan fingerprint density at radius 1 is 0.365 bits per heavy atom. The molecule has 0 N–H and O–H groups in total. The van der Waals surface area contributed by atoms with Gasteiger partial charge in [-0.2, -0.15) is 0 Å². The minimum atomic E-state index is -0.758. The summed E-state index contributed by atoms with van der Waals surface area (Å²) in [5, 5.41) is 0. The van der Waals surface area contributed by atoms with E-state index >= 15 is 0 Å². The molecule has 0 aliphatic carbocycles. The molecule has 0 saturated heterocycles. The molecule has 0 saturated carbocycles. The van der Waals surface area contributed by atoms with Gasteiger partial charge in [0, 0.05) is 19.3 Å². The molecule has 0 heterocycles. The summed E-state index contributed by atoms with van der Waals surface area (Å²) in [7, 11) is 0. The first-order valence-corrected chi connectivity index (χ1v) is 22.9. The molecule has 1 atom stereocenters. The van der Waals surface area contributed by atoms with Gasteiger partial charge in [-0.25, -0.2) is 0 Å². The predicted molar refractivity (Wildman–Crippen MR) is 220 cm³/mol. The molecule has 0 unspecified atom stereocenters. The van der Waals surface area contributed by atoms with Gasteiger partial charge in [0.05, 0.1) is 0 Å². The smallest absolute Gasteiger partial charge is 0.306 e. The number of rotatable bonds is 41. The first kappa shape index (κ1) is 50.4. The highest BCUT2D eigenvalue weighted by Gasteiger charge is 2.19. The van der Waals surface area contributed by atoms with E-state index in [1.54, 1.807) is 0 Å². The number of carbonyl (C=O) groups excluding carboxylic acids is 3. The average molecular weight is 737 g/mol. The number of carbonyl (C=O) groups is 3. The quantitative estimate of drug-likeness (QED) is 0.0353. The summed E-state index contributed by atoms with van der Waals surface area (Å²) in [6.45, 7) is 8.97. The van der Waals surface area contributed by atoms with Crippen molar-refractivity contribution < 1.29 is 28.6 Å². The van der Waals surface area contributed by atoms with Gasteiger partial charge in [0.15, 0.2) is 6.10 Å². The van der Waals surface area contributed by atoms with E-state index in [-0.39, 0.29) is 31.1 Å². The van der Waals surface area contributed by atoms with Gasteiger partial charge >= 0.3 is 17.9 Å². The van der Waals surface area contributed by atoms with E-state index in [0.29, 0.717) is 19.3 Å². The molecule has 0 radical (unpaired) electrons. The molecule has 6 heteroatoms. The maximum Gasteiger partial charge on any atom is 0.306 e. The molecule has 308 valence electrons. The summed E-state index contributed by atoms with van der Waals surface area (Å²) in [4.78, 5) is 37.6. The Balaban J connectivity index is 4.27. The van der Waals surface area contributed by atoms with E-state index in [9.17, 15) is 14.4 Å². The van der Waals surface area contributed by atoms with Gasteiger partial charge in [-0.3, -0.25) is 14.4 Å². The van der Waals surface area contributed by atoms with Crippen molar-refractivity contribution in [2.45, 2.75) is 259 Å². The van der Waals surface area contributed by atoms with Crippen LogP contribution in [0.2, 0.25) is 0 Å². The van der Waals surface area contributed by atoms with Crippen molar-refractivity contribution in [3.8, 4) is 0 Å². The summed E-state index contributed by atoms with van der Waals surface area (Å²) in [5.41, 5.74) is 0. The van der Waals surface area contributed by atoms with Gasteiger partial charge in [0.2, 0.25) is 0 Å². The van der Waals surface area contributed by atoms with Crippen LogP contribution in [0.15, 0.2) is 0 Å². The highest BCUT2D eigenvalue weighted by Crippen LogP contribution is 2.16. The Labute approximate surface area is 323 Å². The first-order valence-electron chi connectivity index (χ1n) is 22.9. The first-order chi connectivity index (χ1) is 25.4. The zero-order chi connectivity index (χ0) is 38.2. The van der Waals surface area contributed by atoms with E-state index < -0.39 is 6.10 Å². The van der Waals surface area contributed by atoms with Crippen molar-refractivity contribution in [1.82, 2.24) is 0 Å². The topological polar surface area (TPSA) is 78.9 Å². The fourth-order valence-electron chi connectivity index (χ4n) is 6.80. The summed E-state index contributed by atoms with van der Waals surface area (Å²) in [6, 6.07) is 0. The van der Waals surface area contributed by atoms with Crippen LogP contribution in [0, 0.1) is 5.92 Å². The van der Waals surface area contributed by atoms with Crippen LogP contribution in [0.25, 0.3) is 0 Å². The lowest BCUT2D eigenvalue weighted by Gasteiger charge is -2.18. The van der Waals surface area contributed by atoms with E-state index in [4.69, 9.17) is 14.2 Å². The monoisotopic (exact) mass is 737 g/mol. The fourth-order valence-corrected chi connectivity index (χ4v) is 6.80. The molecule has 0 amide bonds. The maximum absolute atomic E-state index is 12.7. The molecule has 6 nitrogen and oxygen atoms in total. The number of unbranched alkanes of at least 4 members (excludes halogenated alkanes) is 28. The lowest BCUT2D eigenvalue weighted by molar-refractivity contribution is -0.167. The molecule has 0 rings (SSSR count). The van der Waals surface area contributed by atoms with E-state index in [1.807, 2.05) is 0 Å². The summed E-state index contributed by atoms with van der Waals surface area (Å²) < 4.78 is 16.7. The second-order valence-corrected chi connectivity index (χ2v) is 16.2. The van der Waals surface area contributed by atoms with Crippen molar-refractivity contribution in [2.75, 3.05) is 13.2 Å². The second-order valence-electron chi connectivity index (χ2n) is 16.2. The van der Waals surface area contributed by atoms with Gasteiger partial charge < -0.3 is 14.2 Å². The van der Waals surface area contributed by atoms with E-state index in [2.05, 4.69) is 27.7 Å². The van der Waals surface area contributed by atoms with Gasteiger partial charge in [-0.15, -0.1) is 0 Å². The lowest BCUT2D eigenvalue weighted by atomic mass is 10.0. The number of hydrogen-bond acceptors (Lipinski definition) is 6. The normalized spacial score (nSPS) is 11.9. The highest BCUT2D eigenvalue weighted by atomic mass is 16.6. The van der Waals surface area contributed by atoms with Crippen molar-refractivity contribution >= 4 is 17.9 Å². The molecule has 0 aromatic rings. The van der Waals surface area contributed by atoms with E-state index in [0.717, 1.165) is 63.7 Å². The fraction of sp³-hybridized carbons (Fsp3) is 0.935. The van der Waals surface area contributed by atoms with Gasteiger partial charge in [0.1, 0.15) is 13.2 Å². The zero-order valence-corrected chi connectivity index (χ0v) is 35.3. The molecule has 0 fully saturated rings. The Bertz CT molecular complexity index is 781. The van der Waals surface area contributed by atoms with Crippen LogP contribution in [-0.4, -0.2) is 37.2 Å². The van der Waals surface area contributed by atoms with Crippen molar-refractivity contribution in [1.29, 1.82) is 0 Å². The predicted octanol–water partition coefficient (Wildman–Crippen LogP) is 14.3. The molecular formula is C46H88O6. The van der Waals surface area contributed by atoms with Crippen molar-refractivity contribution in [2.24, 2.45) is 5.92 Å². The van der Waals surface area contributed by atoms with Gasteiger partial charge in [0.25, 0.3) is 0 Å². The molecular weight excluding hydrogens is 649 g/mol. The average Bonchev–Trinajstić information content (AvgIpc) is 3.12. The van der Waals surface area contributed by atoms with E-state index in [1.165, 1.54) is 148 Å². The highest BCUT2D eigenvalue weighted by molar-refractivity contribution is 5.71. The van der Waals surface area contributed by atoms with Crippen LogP contribution in [0.4, 0.5) is 0 Å². The van der Waals surface area contributed by atoms with Crippen molar-refractivity contribution in [3.63, 3.8) is 0 Å². The van der Waals surface area contributed by atoms with Crippen LogP contribution in [0.1, 0.15) is 252 Å². The summed E-state index contributed by atoms with van der Waals surface area (Å²) in [6.07, 6.45) is 39.4. The number of ether oxygens (including phenoxy) is 3. The van der Waals surface area contributed by atoms with Crippen LogP contribution in [0.5, 0.6) is 0 Å². The van der Waals surface area contributed by atoms with Gasteiger partial charge in [-0.1, -0.05) is 214 Å². The standard InChI is InChI=1S/C46H88O6/c1-5-7-9-11-13-15-22-27-31-35-39-46(49)52-43(40-50-44(47)37-33-29-25-20-14-12-10-8-6-2)41-51-45(48)38-34-30-26-23-19-17-16-18-21-24-28-32-36-42(3)4/h42-43H,5-41H2,1-4H3/t43-/m1/s1. The zero-order valence-electron chi connectivity index (χ0n) is 35.3. The third kappa shape index (κ3) is 39.6. The number of hydrogen-bond donors (Lipinski definition) is 0. The third-order valence-corrected chi connectivity index (χ3v) is 10.3. The Morgan fingerprint density at radius 2 is 0.635 bits per heavy atom. The molecule has 0 bridgehead atoms. The SMILES string of the molecule is CCCCCCCCCCCCC(=O)O[C@H](COC(=O)CCCCCCCCCCC)COC(=O)CCCCCCCCCCCCCCC(C)C. The van der Waals surface area contributed by atoms with Gasteiger partial charge in [-0.05, 0) is 25.2 Å². The van der Waals surface area contributed by atoms with Crippen LogP contribution < -0.4 is 0 Å². The van der Waals surface area contributed by atoms with Crippen LogP contribution >= 0.6 is 0 Å². The van der Waals surface area contributed by atoms with Crippen LogP contribution in [0.3, 0.4) is 0 Å². The number of esters is 3.